The van der Waals surface area contributed by atoms with Gasteiger partial charge in [-0.1, -0.05) is 0 Å². The summed E-state index contributed by atoms with van der Waals surface area (Å²) in [6.07, 6.45) is 5.84. The molecule has 0 fully saturated rings. The summed E-state index contributed by atoms with van der Waals surface area (Å²) < 4.78 is 7.08. The highest BCUT2D eigenvalue weighted by molar-refractivity contribution is 4.91. The normalized spacial score (nSPS) is 13.0. The molecule has 1 N–H and O–H groups in total. The van der Waals surface area contributed by atoms with Gasteiger partial charge in [0.15, 0.2) is 0 Å². The van der Waals surface area contributed by atoms with E-state index >= 15 is 0 Å². The van der Waals surface area contributed by atoms with Crippen molar-refractivity contribution in [3.05, 3.63) is 18.2 Å². The van der Waals surface area contributed by atoms with Crippen LogP contribution >= 0.6 is 0 Å². The summed E-state index contributed by atoms with van der Waals surface area (Å²) >= 11 is 0. The molecule has 1 aromatic heterocycles. The maximum atomic E-state index is 5.03. The van der Waals surface area contributed by atoms with Crippen LogP contribution < -0.4 is 5.32 Å². The van der Waals surface area contributed by atoms with Gasteiger partial charge in [0.2, 0.25) is 0 Å². The van der Waals surface area contributed by atoms with Crippen LogP contribution in [0, 0.1) is 0 Å². The quantitative estimate of drug-likeness (QED) is 0.730. The number of nitrogens with zero attached hydrogens (tertiary/aromatic N) is 2. The van der Waals surface area contributed by atoms with E-state index in [1.807, 2.05) is 19.4 Å². The maximum Gasteiger partial charge on any atom is 0.109 e. The molecule has 1 atom stereocenters. The molecule has 0 aliphatic rings. The van der Waals surface area contributed by atoms with Crippen LogP contribution in [0.4, 0.5) is 0 Å². The van der Waals surface area contributed by atoms with E-state index < -0.39 is 0 Å². The van der Waals surface area contributed by atoms with Crippen LogP contribution in [-0.4, -0.2) is 35.9 Å². The van der Waals surface area contributed by atoms with Gasteiger partial charge in [-0.3, -0.25) is 0 Å². The van der Waals surface area contributed by atoms with E-state index in [1.54, 1.807) is 7.11 Å². The second-order valence-corrected chi connectivity index (χ2v) is 3.84. The Balaban J connectivity index is 2.13. The van der Waals surface area contributed by atoms with Gasteiger partial charge in [0.05, 0.1) is 0 Å². The molecule has 0 aliphatic carbocycles. The summed E-state index contributed by atoms with van der Waals surface area (Å²) in [6, 6.07) is 0.505. The van der Waals surface area contributed by atoms with Gasteiger partial charge in [-0.15, -0.1) is 0 Å². The molecule has 4 nitrogen and oxygen atoms in total. The Kier molecular flexibility index (Phi) is 5.36. The Labute approximate surface area is 91.7 Å². The lowest BCUT2D eigenvalue weighted by molar-refractivity contribution is 0.185. The molecule has 0 aromatic carbocycles. The molecule has 0 radical (unpaired) electrons. The van der Waals surface area contributed by atoms with Crippen molar-refractivity contribution in [1.82, 2.24) is 14.9 Å². The zero-order valence-corrected chi connectivity index (χ0v) is 9.86. The highest BCUT2D eigenvalue weighted by Crippen LogP contribution is 1.96. The van der Waals surface area contributed by atoms with Crippen LogP contribution in [0.25, 0.3) is 0 Å². The van der Waals surface area contributed by atoms with E-state index in [0.717, 1.165) is 31.8 Å². The zero-order valence-electron chi connectivity index (χ0n) is 9.86. The van der Waals surface area contributed by atoms with Gasteiger partial charge < -0.3 is 14.6 Å². The van der Waals surface area contributed by atoms with Crippen LogP contribution in [0.5, 0.6) is 0 Å². The fraction of sp³-hybridized carbons (Fsp3) is 0.727. The van der Waals surface area contributed by atoms with Crippen molar-refractivity contribution in [2.45, 2.75) is 25.8 Å². The fourth-order valence-corrected chi connectivity index (χ4v) is 1.46. The molecule has 0 spiro atoms. The minimum Gasteiger partial charge on any atom is -0.385 e. The molecular weight excluding hydrogens is 190 g/mol. The lowest BCUT2D eigenvalue weighted by Crippen LogP contribution is -2.29. The summed E-state index contributed by atoms with van der Waals surface area (Å²) in [4.78, 5) is 4.27. The predicted molar refractivity (Wildman–Crippen MR) is 60.9 cm³/mol. The first-order valence-electron chi connectivity index (χ1n) is 5.42. The molecule has 1 unspecified atom stereocenters. The first-order chi connectivity index (χ1) is 7.24. The Hall–Kier alpha value is -0.870. The van der Waals surface area contributed by atoms with E-state index in [2.05, 4.69) is 21.8 Å². The molecule has 1 rings (SSSR count). The number of hydrogen-bond donors (Lipinski definition) is 1. The van der Waals surface area contributed by atoms with Gasteiger partial charge in [-0.25, -0.2) is 4.98 Å². The van der Waals surface area contributed by atoms with Crippen molar-refractivity contribution in [2.75, 3.05) is 20.3 Å². The number of aryl methyl sites for hydroxylation is 1. The SMILES string of the molecule is COCCC(C)NCCc1nccn1C. The highest BCUT2D eigenvalue weighted by Gasteiger charge is 2.02. The summed E-state index contributed by atoms with van der Waals surface area (Å²) in [5.74, 6) is 1.13. The molecule has 1 heterocycles. The molecule has 0 saturated heterocycles. The Morgan fingerprint density at radius 1 is 1.60 bits per heavy atom. The first-order valence-corrected chi connectivity index (χ1v) is 5.42. The number of aromatic nitrogens is 2. The number of rotatable bonds is 7. The standard InChI is InChI=1S/C11H21N3O/c1-10(5-9-15-3)12-6-4-11-13-7-8-14(11)2/h7-8,10,12H,4-6,9H2,1-3H3. The Bertz CT molecular complexity index is 273. The molecule has 0 saturated carbocycles. The largest absolute Gasteiger partial charge is 0.385 e. The van der Waals surface area contributed by atoms with Gasteiger partial charge in [0.1, 0.15) is 5.82 Å². The number of hydrogen-bond acceptors (Lipinski definition) is 3. The lowest BCUT2D eigenvalue weighted by Gasteiger charge is -2.12. The third kappa shape index (κ3) is 4.44. The van der Waals surface area contributed by atoms with Crippen molar-refractivity contribution in [2.24, 2.45) is 7.05 Å². The highest BCUT2D eigenvalue weighted by atomic mass is 16.5. The zero-order chi connectivity index (χ0) is 11.1. The summed E-state index contributed by atoms with van der Waals surface area (Å²) in [5, 5.41) is 3.45. The van der Waals surface area contributed by atoms with Gasteiger partial charge in [0.25, 0.3) is 0 Å². The third-order valence-corrected chi connectivity index (χ3v) is 2.52. The molecule has 0 bridgehead atoms. The van der Waals surface area contributed by atoms with E-state index in [0.29, 0.717) is 6.04 Å². The van der Waals surface area contributed by atoms with Crippen molar-refractivity contribution in [3.63, 3.8) is 0 Å². The average molecular weight is 211 g/mol. The summed E-state index contributed by atoms with van der Waals surface area (Å²) in [5.41, 5.74) is 0. The van der Waals surface area contributed by atoms with Crippen molar-refractivity contribution >= 4 is 0 Å². The molecule has 0 aliphatic heterocycles. The van der Waals surface area contributed by atoms with E-state index in [1.165, 1.54) is 0 Å². The van der Waals surface area contributed by atoms with Gasteiger partial charge >= 0.3 is 0 Å². The lowest BCUT2D eigenvalue weighted by atomic mass is 10.2. The van der Waals surface area contributed by atoms with Gasteiger partial charge in [0, 0.05) is 52.2 Å². The van der Waals surface area contributed by atoms with Crippen LogP contribution in [0.15, 0.2) is 12.4 Å². The monoisotopic (exact) mass is 211 g/mol. The predicted octanol–water partition coefficient (Wildman–Crippen LogP) is 0.977. The van der Waals surface area contributed by atoms with Crippen LogP contribution in [0.3, 0.4) is 0 Å². The second kappa shape index (κ2) is 6.58. The topological polar surface area (TPSA) is 39.1 Å². The van der Waals surface area contributed by atoms with E-state index in [4.69, 9.17) is 4.74 Å². The average Bonchev–Trinajstić information content (AvgIpc) is 2.61. The van der Waals surface area contributed by atoms with Crippen LogP contribution in [-0.2, 0) is 18.2 Å². The van der Waals surface area contributed by atoms with Crippen LogP contribution in [0.1, 0.15) is 19.2 Å². The number of ether oxygens (including phenoxy) is 1. The number of nitrogens with one attached hydrogen (secondary N) is 1. The molecular formula is C11H21N3O. The summed E-state index contributed by atoms with van der Waals surface area (Å²) in [7, 11) is 3.76. The fourth-order valence-electron chi connectivity index (χ4n) is 1.46. The van der Waals surface area contributed by atoms with Crippen LogP contribution in [0.2, 0.25) is 0 Å². The minimum absolute atomic E-state index is 0.505. The van der Waals surface area contributed by atoms with Crippen molar-refractivity contribution < 1.29 is 4.74 Å². The van der Waals surface area contributed by atoms with E-state index in [9.17, 15) is 0 Å². The van der Waals surface area contributed by atoms with Crippen molar-refractivity contribution in [1.29, 1.82) is 0 Å². The minimum atomic E-state index is 0.505. The first kappa shape index (κ1) is 12.2. The summed E-state index contributed by atoms with van der Waals surface area (Å²) in [6.45, 7) is 3.96. The van der Waals surface area contributed by atoms with E-state index in [-0.39, 0.29) is 0 Å². The molecule has 1 aromatic rings. The smallest absolute Gasteiger partial charge is 0.109 e. The third-order valence-electron chi connectivity index (χ3n) is 2.52. The van der Waals surface area contributed by atoms with Gasteiger partial charge in [-0.2, -0.15) is 0 Å². The molecule has 0 amide bonds. The number of methoxy groups -OCH3 is 1. The van der Waals surface area contributed by atoms with Gasteiger partial charge in [-0.05, 0) is 13.3 Å². The molecule has 86 valence electrons. The second-order valence-electron chi connectivity index (χ2n) is 3.84. The Morgan fingerprint density at radius 2 is 2.40 bits per heavy atom. The Morgan fingerprint density at radius 3 is 3.00 bits per heavy atom. The maximum absolute atomic E-state index is 5.03. The van der Waals surface area contributed by atoms with Crippen molar-refractivity contribution in [3.8, 4) is 0 Å². The molecule has 15 heavy (non-hydrogen) atoms. The number of imidazole rings is 1. The molecule has 4 heteroatoms.